The Kier molecular flexibility index (Phi) is 2.63. The first-order valence-corrected chi connectivity index (χ1v) is 6.10. The number of hydrogen-bond donors (Lipinski definition) is 1. The van der Waals surface area contributed by atoms with E-state index < -0.39 is 0 Å². The molecule has 4 heteroatoms. The summed E-state index contributed by atoms with van der Waals surface area (Å²) in [7, 11) is 0. The van der Waals surface area contributed by atoms with E-state index in [1.165, 1.54) is 0 Å². The molecule has 0 aromatic carbocycles. The zero-order valence-corrected chi connectivity index (χ0v) is 9.40. The molecule has 3 nitrogen and oxygen atoms in total. The largest absolute Gasteiger partial charge is 0.383 e. The van der Waals surface area contributed by atoms with E-state index in [-0.39, 0.29) is 0 Å². The van der Waals surface area contributed by atoms with Crippen LogP contribution in [0.4, 0.5) is 5.82 Å². The van der Waals surface area contributed by atoms with Gasteiger partial charge in [-0.3, -0.25) is 0 Å². The van der Waals surface area contributed by atoms with Gasteiger partial charge in [-0.25, -0.2) is 9.97 Å². The summed E-state index contributed by atoms with van der Waals surface area (Å²) in [4.78, 5) is 8.94. The predicted molar refractivity (Wildman–Crippen MR) is 60.1 cm³/mol. The van der Waals surface area contributed by atoms with Crippen LogP contribution in [0.1, 0.15) is 43.3 Å². The highest BCUT2D eigenvalue weighted by molar-refractivity contribution is 7.98. The number of rotatable bonds is 2. The maximum absolute atomic E-state index is 5.90. The zero-order chi connectivity index (χ0) is 10.1. The van der Waals surface area contributed by atoms with Crippen LogP contribution in [0.15, 0.2) is 0 Å². The van der Waals surface area contributed by atoms with Crippen molar-refractivity contribution in [3.8, 4) is 0 Å². The van der Waals surface area contributed by atoms with Crippen molar-refractivity contribution in [2.24, 2.45) is 0 Å². The summed E-state index contributed by atoms with van der Waals surface area (Å²) in [6.45, 7) is 4.29. The summed E-state index contributed by atoms with van der Waals surface area (Å²) < 4.78 is 0. The van der Waals surface area contributed by atoms with E-state index in [0.717, 1.165) is 35.0 Å². The molecule has 1 aliphatic heterocycles. The summed E-state index contributed by atoms with van der Waals surface area (Å²) in [5.41, 5.74) is 8.21. The van der Waals surface area contributed by atoms with Crippen LogP contribution in [0, 0.1) is 0 Å². The van der Waals surface area contributed by atoms with E-state index in [1.807, 2.05) is 11.8 Å². The standard InChI is InChI=1S/C10H15N3S/c1-3-6(2)10-12-8-5-14-4-7(8)9(11)13-10/h6H,3-5H2,1-2H3,(H2,11,12,13). The van der Waals surface area contributed by atoms with Crippen molar-refractivity contribution in [3.63, 3.8) is 0 Å². The zero-order valence-electron chi connectivity index (χ0n) is 8.58. The van der Waals surface area contributed by atoms with Crippen LogP contribution < -0.4 is 5.73 Å². The molecule has 0 radical (unpaired) electrons. The van der Waals surface area contributed by atoms with Crippen LogP contribution in [0.25, 0.3) is 0 Å². The minimum Gasteiger partial charge on any atom is -0.383 e. The molecule has 0 aliphatic carbocycles. The number of aromatic nitrogens is 2. The van der Waals surface area contributed by atoms with Gasteiger partial charge in [0.05, 0.1) is 5.69 Å². The number of fused-ring (bicyclic) bond motifs is 1. The van der Waals surface area contributed by atoms with Gasteiger partial charge >= 0.3 is 0 Å². The summed E-state index contributed by atoms with van der Waals surface area (Å²) in [5, 5.41) is 0. The monoisotopic (exact) mass is 209 g/mol. The van der Waals surface area contributed by atoms with Gasteiger partial charge in [0, 0.05) is 23.0 Å². The van der Waals surface area contributed by atoms with E-state index in [9.17, 15) is 0 Å². The first kappa shape index (κ1) is 9.77. The van der Waals surface area contributed by atoms with E-state index in [4.69, 9.17) is 5.73 Å². The van der Waals surface area contributed by atoms with Gasteiger partial charge in [-0.05, 0) is 6.42 Å². The molecule has 1 aromatic heterocycles. The van der Waals surface area contributed by atoms with Crippen molar-refractivity contribution in [2.45, 2.75) is 37.7 Å². The summed E-state index contributed by atoms with van der Waals surface area (Å²) in [6, 6.07) is 0. The fraction of sp³-hybridized carbons (Fsp3) is 0.600. The molecule has 0 saturated carbocycles. The second-order valence-electron chi connectivity index (χ2n) is 3.69. The lowest BCUT2D eigenvalue weighted by molar-refractivity contribution is 0.674. The summed E-state index contributed by atoms with van der Waals surface area (Å²) in [5.74, 6) is 3.97. The van der Waals surface area contributed by atoms with Gasteiger partial charge in [-0.1, -0.05) is 13.8 Å². The Balaban J connectivity index is 2.41. The molecule has 2 rings (SSSR count). The van der Waals surface area contributed by atoms with E-state index in [1.54, 1.807) is 0 Å². The van der Waals surface area contributed by atoms with Crippen molar-refractivity contribution < 1.29 is 0 Å². The highest BCUT2D eigenvalue weighted by atomic mass is 32.2. The Morgan fingerprint density at radius 2 is 2.21 bits per heavy atom. The first-order chi connectivity index (χ1) is 6.72. The number of thioether (sulfide) groups is 1. The van der Waals surface area contributed by atoms with Gasteiger partial charge in [0.15, 0.2) is 0 Å². The fourth-order valence-electron chi connectivity index (χ4n) is 1.50. The number of hydrogen-bond acceptors (Lipinski definition) is 4. The lowest BCUT2D eigenvalue weighted by Gasteiger charge is -2.10. The smallest absolute Gasteiger partial charge is 0.133 e. The van der Waals surface area contributed by atoms with E-state index in [2.05, 4.69) is 23.8 Å². The second kappa shape index (κ2) is 3.77. The third-order valence-corrected chi connectivity index (χ3v) is 3.65. The van der Waals surface area contributed by atoms with Gasteiger partial charge in [0.1, 0.15) is 11.6 Å². The molecule has 76 valence electrons. The molecule has 0 bridgehead atoms. The SMILES string of the molecule is CCC(C)c1nc(N)c2c(n1)CSC2. The van der Waals surface area contributed by atoms with Gasteiger partial charge in [0.25, 0.3) is 0 Å². The highest BCUT2D eigenvalue weighted by Crippen LogP contribution is 2.32. The molecule has 0 spiro atoms. The molecule has 0 amide bonds. The van der Waals surface area contributed by atoms with Gasteiger partial charge in [0.2, 0.25) is 0 Å². The number of nitrogen functional groups attached to an aromatic ring is 1. The van der Waals surface area contributed by atoms with Crippen LogP contribution in [0.2, 0.25) is 0 Å². The van der Waals surface area contributed by atoms with E-state index >= 15 is 0 Å². The van der Waals surface area contributed by atoms with Gasteiger partial charge in [-0.15, -0.1) is 0 Å². The van der Waals surface area contributed by atoms with Crippen molar-refractivity contribution in [1.82, 2.24) is 9.97 Å². The Hall–Kier alpha value is -0.770. The van der Waals surface area contributed by atoms with Crippen LogP contribution in [-0.2, 0) is 11.5 Å². The Morgan fingerprint density at radius 1 is 1.43 bits per heavy atom. The minimum atomic E-state index is 0.410. The number of nitrogens with zero attached hydrogens (tertiary/aromatic N) is 2. The summed E-state index contributed by atoms with van der Waals surface area (Å²) in [6.07, 6.45) is 1.06. The molecule has 1 unspecified atom stereocenters. The molecule has 1 aromatic rings. The topological polar surface area (TPSA) is 51.8 Å². The Labute approximate surface area is 88.5 Å². The van der Waals surface area contributed by atoms with Crippen molar-refractivity contribution in [3.05, 3.63) is 17.1 Å². The fourth-order valence-corrected chi connectivity index (χ4v) is 2.55. The van der Waals surface area contributed by atoms with Gasteiger partial charge in [-0.2, -0.15) is 11.8 Å². The normalized spacial score (nSPS) is 16.7. The third kappa shape index (κ3) is 1.59. The van der Waals surface area contributed by atoms with Crippen molar-refractivity contribution in [2.75, 3.05) is 5.73 Å². The molecule has 0 fully saturated rings. The molecule has 1 aliphatic rings. The Morgan fingerprint density at radius 3 is 2.93 bits per heavy atom. The molecule has 1 atom stereocenters. The first-order valence-electron chi connectivity index (χ1n) is 4.95. The maximum Gasteiger partial charge on any atom is 0.133 e. The molecular weight excluding hydrogens is 194 g/mol. The average molecular weight is 209 g/mol. The van der Waals surface area contributed by atoms with Crippen LogP contribution in [0.3, 0.4) is 0 Å². The summed E-state index contributed by atoms with van der Waals surface area (Å²) >= 11 is 1.86. The molecule has 14 heavy (non-hydrogen) atoms. The molecule has 0 saturated heterocycles. The van der Waals surface area contributed by atoms with Crippen LogP contribution in [0.5, 0.6) is 0 Å². The number of nitrogens with two attached hydrogens (primary N) is 1. The highest BCUT2D eigenvalue weighted by Gasteiger charge is 2.19. The van der Waals surface area contributed by atoms with Crippen molar-refractivity contribution in [1.29, 1.82) is 0 Å². The average Bonchev–Trinajstić information content (AvgIpc) is 2.64. The minimum absolute atomic E-state index is 0.410. The van der Waals surface area contributed by atoms with Gasteiger partial charge < -0.3 is 5.73 Å². The molecule has 2 heterocycles. The second-order valence-corrected chi connectivity index (χ2v) is 4.68. The Bertz CT molecular complexity index is 351. The predicted octanol–water partition coefficient (Wildman–Crippen LogP) is 2.32. The lowest BCUT2D eigenvalue weighted by atomic mass is 10.1. The van der Waals surface area contributed by atoms with E-state index in [0.29, 0.717) is 11.7 Å². The van der Waals surface area contributed by atoms with Crippen molar-refractivity contribution >= 4 is 17.6 Å². The number of anilines is 1. The molecule has 2 N–H and O–H groups in total. The lowest BCUT2D eigenvalue weighted by Crippen LogP contribution is -2.07. The molecular formula is C10H15N3S. The third-order valence-electron chi connectivity index (χ3n) is 2.68. The quantitative estimate of drug-likeness (QED) is 0.812. The van der Waals surface area contributed by atoms with Crippen LogP contribution in [-0.4, -0.2) is 9.97 Å². The maximum atomic E-state index is 5.90. The van der Waals surface area contributed by atoms with Crippen LogP contribution >= 0.6 is 11.8 Å².